The van der Waals surface area contributed by atoms with Crippen LogP contribution in [0.5, 0.6) is 0 Å². The highest BCUT2D eigenvalue weighted by atomic mass is 16.4. The van der Waals surface area contributed by atoms with Crippen LogP contribution in [0, 0.1) is 5.41 Å². The van der Waals surface area contributed by atoms with Crippen molar-refractivity contribution in [1.82, 2.24) is 5.32 Å². The molecule has 0 aliphatic heterocycles. The summed E-state index contributed by atoms with van der Waals surface area (Å²) in [5.74, 6) is -0.922. The van der Waals surface area contributed by atoms with Crippen LogP contribution in [-0.4, -0.2) is 29.1 Å². The van der Waals surface area contributed by atoms with Crippen LogP contribution in [0.4, 0.5) is 0 Å². The van der Waals surface area contributed by atoms with Crippen LogP contribution >= 0.6 is 0 Å². The molecule has 1 aliphatic carbocycles. The SMILES string of the molecule is CC(N)CCC(=O)NC1CCCC1(C)C(=O)O. The Hall–Kier alpha value is -1.10. The van der Waals surface area contributed by atoms with E-state index >= 15 is 0 Å². The van der Waals surface area contributed by atoms with Crippen molar-refractivity contribution < 1.29 is 14.7 Å². The number of aliphatic carboxylic acids is 1. The van der Waals surface area contributed by atoms with E-state index in [1.807, 2.05) is 6.92 Å². The summed E-state index contributed by atoms with van der Waals surface area (Å²) in [5.41, 5.74) is 4.76. The van der Waals surface area contributed by atoms with Crippen molar-refractivity contribution >= 4 is 11.9 Å². The Morgan fingerprint density at radius 3 is 2.76 bits per heavy atom. The van der Waals surface area contributed by atoms with Crippen LogP contribution in [0.3, 0.4) is 0 Å². The fourth-order valence-corrected chi connectivity index (χ4v) is 2.28. The van der Waals surface area contributed by atoms with Crippen LogP contribution in [0.1, 0.15) is 46.0 Å². The lowest BCUT2D eigenvalue weighted by molar-refractivity contribution is -0.149. The lowest BCUT2D eigenvalue weighted by Gasteiger charge is -2.27. The van der Waals surface area contributed by atoms with Crippen molar-refractivity contribution in [1.29, 1.82) is 0 Å². The third-order valence-corrected chi connectivity index (χ3v) is 3.61. The van der Waals surface area contributed by atoms with E-state index in [9.17, 15) is 14.7 Å². The number of nitrogens with two attached hydrogens (primary N) is 1. The molecular weight excluding hydrogens is 220 g/mol. The molecule has 3 unspecified atom stereocenters. The molecule has 1 saturated carbocycles. The molecule has 0 aromatic rings. The summed E-state index contributed by atoms with van der Waals surface area (Å²) in [5, 5.41) is 12.0. The molecule has 0 bridgehead atoms. The van der Waals surface area contributed by atoms with Crippen LogP contribution in [0.15, 0.2) is 0 Å². The van der Waals surface area contributed by atoms with Gasteiger partial charge in [-0.3, -0.25) is 9.59 Å². The molecule has 4 N–H and O–H groups in total. The Morgan fingerprint density at radius 2 is 2.24 bits per heavy atom. The van der Waals surface area contributed by atoms with E-state index in [2.05, 4.69) is 5.32 Å². The first-order chi connectivity index (χ1) is 7.86. The van der Waals surface area contributed by atoms with Gasteiger partial charge < -0.3 is 16.2 Å². The predicted molar refractivity (Wildman–Crippen MR) is 64.4 cm³/mol. The van der Waals surface area contributed by atoms with Crippen LogP contribution in [0.25, 0.3) is 0 Å². The zero-order valence-electron chi connectivity index (χ0n) is 10.5. The minimum atomic E-state index is -0.826. The molecule has 98 valence electrons. The molecule has 0 saturated heterocycles. The Balaban J connectivity index is 2.50. The Morgan fingerprint density at radius 1 is 1.59 bits per heavy atom. The molecule has 1 amide bonds. The second kappa shape index (κ2) is 5.49. The van der Waals surface area contributed by atoms with E-state index in [0.717, 1.165) is 12.8 Å². The number of carbonyl (C=O) groups is 2. The third kappa shape index (κ3) is 3.43. The molecule has 0 aromatic heterocycles. The van der Waals surface area contributed by atoms with Crippen molar-refractivity contribution in [2.75, 3.05) is 0 Å². The number of carbonyl (C=O) groups excluding carboxylic acids is 1. The maximum Gasteiger partial charge on any atom is 0.311 e. The van der Waals surface area contributed by atoms with E-state index in [0.29, 0.717) is 19.3 Å². The molecule has 17 heavy (non-hydrogen) atoms. The predicted octanol–water partition coefficient (Wildman–Crippen LogP) is 0.873. The maximum atomic E-state index is 11.7. The average molecular weight is 242 g/mol. The molecule has 0 spiro atoms. The monoisotopic (exact) mass is 242 g/mol. The van der Waals surface area contributed by atoms with Gasteiger partial charge in [-0.25, -0.2) is 0 Å². The van der Waals surface area contributed by atoms with Gasteiger partial charge in [-0.1, -0.05) is 6.42 Å². The van der Waals surface area contributed by atoms with Crippen molar-refractivity contribution in [2.24, 2.45) is 11.1 Å². The van der Waals surface area contributed by atoms with E-state index < -0.39 is 11.4 Å². The highest BCUT2D eigenvalue weighted by Crippen LogP contribution is 2.38. The molecule has 1 rings (SSSR count). The number of hydrogen-bond acceptors (Lipinski definition) is 3. The fourth-order valence-electron chi connectivity index (χ4n) is 2.28. The minimum absolute atomic E-state index is 0.00446. The molecule has 5 nitrogen and oxygen atoms in total. The Kier molecular flexibility index (Phi) is 4.51. The lowest BCUT2D eigenvalue weighted by Crippen LogP contribution is -2.47. The van der Waals surface area contributed by atoms with Gasteiger partial charge in [-0.15, -0.1) is 0 Å². The summed E-state index contributed by atoms with van der Waals surface area (Å²) in [7, 11) is 0. The number of amides is 1. The van der Waals surface area contributed by atoms with Gasteiger partial charge in [0, 0.05) is 18.5 Å². The van der Waals surface area contributed by atoms with Gasteiger partial charge in [0.25, 0.3) is 0 Å². The summed E-state index contributed by atoms with van der Waals surface area (Å²) >= 11 is 0. The summed E-state index contributed by atoms with van der Waals surface area (Å²) < 4.78 is 0. The van der Waals surface area contributed by atoms with Crippen molar-refractivity contribution in [3.05, 3.63) is 0 Å². The normalized spacial score (nSPS) is 29.9. The van der Waals surface area contributed by atoms with Gasteiger partial charge >= 0.3 is 5.97 Å². The highest BCUT2D eigenvalue weighted by molar-refractivity contribution is 5.80. The van der Waals surface area contributed by atoms with Gasteiger partial charge in [0.2, 0.25) is 5.91 Å². The van der Waals surface area contributed by atoms with Crippen LogP contribution < -0.4 is 11.1 Å². The number of rotatable bonds is 5. The zero-order chi connectivity index (χ0) is 13.1. The topological polar surface area (TPSA) is 92.4 Å². The molecule has 1 aliphatic rings. The number of nitrogens with one attached hydrogen (secondary N) is 1. The molecular formula is C12H22N2O3. The zero-order valence-corrected chi connectivity index (χ0v) is 10.5. The van der Waals surface area contributed by atoms with E-state index in [4.69, 9.17) is 5.73 Å². The molecule has 5 heteroatoms. The molecule has 1 fully saturated rings. The Bertz CT molecular complexity index is 304. The minimum Gasteiger partial charge on any atom is -0.481 e. The highest BCUT2D eigenvalue weighted by Gasteiger charge is 2.45. The first kappa shape index (κ1) is 14.0. The first-order valence-electron chi connectivity index (χ1n) is 6.14. The fraction of sp³-hybridized carbons (Fsp3) is 0.833. The third-order valence-electron chi connectivity index (χ3n) is 3.61. The first-order valence-corrected chi connectivity index (χ1v) is 6.14. The van der Waals surface area contributed by atoms with Gasteiger partial charge in [0.05, 0.1) is 5.41 Å². The van der Waals surface area contributed by atoms with E-state index in [-0.39, 0.29) is 18.0 Å². The van der Waals surface area contributed by atoms with Crippen LogP contribution in [-0.2, 0) is 9.59 Å². The number of hydrogen-bond donors (Lipinski definition) is 3. The molecule has 0 heterocycles. The van der Waals surface area contributed by atoms with Gasteiger partial charge in [-0.2, -0.15) is 0 Å². The summed E-state index contributed by atoms with van der Waals surface area (Å²) in [6.07, 6.45) is 3.21. The van der Waals surface area contributed by atoms with Gasteiger partial charge in [0.1, 0.15) is 0 Å². The number of carboxylic acid groups (broad SMARTS) is 1. The summed E-state index contributed by atoms with van der Waals surface area (Å²) in [4.78, 5) is 22.9. The second-order valence-electron chi connectivity index (χ2n) is 5.25. The standard InChI is InChI=1S/C12H22N2O3/c1-8(13)5-6-10(15)14-9-4-3-7-12(9,2)11(16)17/h8-9H,3-7,13H2,1-2H3,(H,14,15)(H,16,17). The molecule has 0 aromatic carbocycles. The van der Waals surface area contributed by atoms with Crippen molar-refractivity contribution in [3.63, 3.8) is 0 Å². The van der Waals surface area contributed by atoms with Gasteiger partial charge in [-0.05, 0) is 33.1 Å². The Labute approximate surface area is 102 Å². The summed E-state index contributed by atoms with van der Waals surface area (Å²) in [6, 6.07) is -0.254. The van der Waals surface area contributed by atoms with Crippen molar-refractivity contribution in [3.8, 4) is 0 Å². The average Bonchev–Trinajstić information content (AvgIpc) is 2.59. The largest absolute Gasteiger partial charge is 0.481 e. The van der Waals surface area contributed by atoms with E-state index in [1.54, 1.807) is 6.92 Å². The smallest absolute Gasteiger partial charge is 0.311 e. The second-order valence-corrected chi connectivity index (χ2v) is 5.25. The maximum absolute atomic E-state index is 11.7. The molecule has 0 radical (unpaired) electrons. The summed E-state index contributed by atoms with van der Waals surface area (Å²) in [6.45, 7) is 3.56. The van der Waals surface area contributed by atoms with E-state index in [1.165, 1.54) is 0 Å². The lowest BCUT2D eigenvalue weighted by atomic mass is 9.85. The molecule has 3 atom stereocenters. The quantitative estimate of drug-likeness (QED) is 0.667. The van der Waals surface area contributed by atoms with Crippen molar-refractivity contribution in [2.45, 2.75) is 58.0 Å². The number of carboxylic acids is 1. The van der Waals surface area contributed by atoms with Gasteiger partial charge in [0.15, 0.2) is 0 Å². The van der Waals surface area contributed by atoms with Crippen LogP contribution in [0.2, 0.25) is 0 Å².